The van der Waals surface area contributed by atoms with Crippen LogP contribution in [0.15, 0.2) is 54.6 Å². The van der Waals surface area contributed by atoms with Gasteiger partial charge in [0, 0.05) is 11.4 Å². The fourth-order valence-electron chi connectivity index (χ4n) is 2.79. The van der Waals surface area contributed by atoms with E-state index in [1.165, 1.54) is 0 Å². The molecule has 0 fully saturated rings. The van der Waals surface area contributed by atoms with Crippen LogP contribution >= 0.6 is 0 Å². The van der Waals surface area contributed by atoms with Gasteiger partial charge >= 0.3 is 6.03 Å². The smallest absolute Gasteiger partial charge is 0.319 e. The predicted molar refractivity (Wildman–Crippen MR) is 115 cm³/mol. The van der Waals surface area contributed by atoms with Gasteiger partial charge in [-0.15, -0.1) is 0 Å². The van der Waals surface area contributed by atoms with E-state index in [-0.39, 0.29) is 18.4 Å². The Hall–Kier alpha value is -3.35. The minimum Gasteiger partial charge on any atom is -0.345 e. The Labute approximate surface area is 171 Å². The summed E-state index contributed by atoms with van der Waals surface area (Å²) in [6.45, 7) is 5.48. The van der Waals surface area contributed by atoms with Crippen molar-refractivity contribution in [1.29, 1.82) is 0 Å². The summed E-state index contributed by atoms with van der Waals surface area (Å²) in [6, 6.07) is 15.2. The normalized spacial score (nSPS) is 11.4. The van der Waals surface area contributed by atoms with Crippen LogP contribution in [0.5, 0.6) is 0 Å². The first-order valence-corrected chi connectivity index (χ1v) is 9.68. The molecule has 1 unspecified atom stereocenters. The maximum atomic E-state index is 12.5. The third-order valence-electron chi connectivity index (χ3n) is 4.36. The van der Waals surface area contributed by atoms with Gasteiger partial charge in [-0.3, -0.25) is 9.59 Å². The average molecular weight is 396 g/mol. The van der Waals surface area contributed by atoms with Gasteiger partial charge in [0.05, 0.1) is 6.54 Å². The summed E-state index contributed by atoms with van der Waals surface area (Å²) in [5.74, 6) is -0.891. The molecule has 7 heteroatoms. The van der Waals surface area contributed by atoms with Gasteiger partial charge < -0.3 is 21.3 Å². The van der Waals surface area contributed by atoms with Crippen LogP contribution in [0.25, 0.3) is 0 Å². The molecule has 0 aliphatic carbocycles. The molecule has 154 valence electrons. The summed E-state index contributed by atoms with van der Waals surface area (Å²) in [5, 5.41) is 10.7. The molecule has 4 amide bonds. The first kappa shape index (κ1) is 21.9. The Morgan fingerprint density at radius 2 is 1.55 bits per heavy atom. The lowest BCUT2D eigenvalue weighted by Crippen LogP contribution is -2.52. The standard InChI is InChI=1S/C22H28N4O3/c1-4-16-10-8-9-13-18(16)25-19(27)14-23-21(28)20(15(2)3)26-22(29)24-17-11-6-5-7-12-17/h5-13,15,20H,4,14H2,1-3H3,(H,23,28)(H,25,27)(H2,24,26,29). The van der Waals surface area contributed by atoms with Gasteiger partial charge in [-0.25, -0.2) is 4.79 Å². The minimum absolute atomic E-state index is 0.152. The zero-order valence-corrected chi connectivity index (χ0v) is 17.0. The van der Waals surface area contributed by atoms with Crippen LogP contribution < -0.4 is 21.3 Å². The second kappa shape index (κ2) is 10.8. The number of urea groups is 1. The molecule has 29 heavy (non-hydrogen) atoms. The molecule has 0 aliphatic rings. The van der Waals surface area contributed by atoms with E-state index in [1.54, 1.807) is 24.3 Å². The van der Waals surface area contributed by atoms with Gasteiger partial charge in [0.1, 0.15) is 6.04 Å². The Balaban J connectivity index is 1.88. The molecule has 0 saturated heterocycles. The second-order valence-corrected chi connectivity index (χ2v) is 6.96. The van der Waals surface area contributed by atoms with Crippen LogP contribution in [0.3, 0.4) is 0 Å². The fraction of sp³-hybridized carbons (Fsp3) is 0.318. The zero-order chi connectivity index (χ0) is 21.2. The van der Waals surface area contributed by atoms with E-state index in [1.807, 2.05) is 51.1 Å². The quantitative estimate of drug-likeness (QED) is 0.551. The summed E-state index contributed by atoms with van der Waals surface area (Å²) >= 11 is 0. The lowest BCUT2D eigenvalue weighted by Gasteiger charge is -2.22. The van der Waals surface area contributed by atoms with Crippen molar-refractivity contribution >= 4 is 29.2 Å². The first-order chi connectivity index (χ1) is 13.9. The lowest BCUT2D eigenvalue weighted by molar-refractivity contribution is -0.126. The van der Waals surface area contributed by atoms with E-state index in [0.717, 1.165) is 17.7 Å². The first-order valence-electron chi connectivity index (χ1n) is 9.68. The van der Waals surface area contributed by atoms with Gasteiger partial charge in [-0.05, 0) is 36.1 Å². The van der Waals surface area contributed by atoms with Crippen molar-refractivity contribution < 1.29 is 14.4 Å². The van der Waals surface area contributed by atoms with Crippen LogP contribution in [0.4, 0.5) is 16.2 Å². The van der Waals surface area contributed by atoms with Crippen LogP contribution in [0.1, 0.15) is 26.3 Å². The highest BCUT2D eigenvalue weighted by Crippen LogP contribution is 2.15. The molecular weight excluding hydrogens is 368 g/mol. The summed E-state index contributed by atoms with van der Waals surface area (Å²) < 4.78 is 0. The minimum atomic E-state index is -0.769. The van der Waals surface area contributed by atoms with Crippen molar-refractivity contribution in [3.05, 3.63) is 60.2 Å². The number of para-hydroxylation sites is 2. The fourth-order valence-corrected chi connectivity index (χ4v) is 2.79. The molecule has 2 aromatic carbocycles. The van der Waals surface area contributed by atoms with Crippen LogP contribution in [0, 0.1) is 5.92 Å². The van der Waals surface area contributed by atoms with Gasteiger partial charge in [0.15, 0.2) is 0 Å². The molecule has 0 aliphatic heterocycles. The molecule has 0 aromatic heterocycles. The van der Waals surface area contributed by atoms with Crippen molar-refractivity contribution in [3.63, 3.8) is 0 Å². The molecule has 0 radical (unpaired) electrons. The third kappa shape index (κ3) is 6.95. The average Bonchev–Trinajstić information content (AvgIpc) is 2.71. The van der Waals surface area contributed by atoms with Crippen molar-refractivity contribution in [2.24, 2.45) is 5.92 Å². The molecule has 4 N–H and O–H groups in total. The topological polar surface area (TPSA) is 99.3 Å². The van der Waals surface area contributed by atoms with E-state index in [2.05, 4.69) is 21.3 Å². The molecule has 0 heterocycles. The van der Waals surface area contributed by atoms with Crippen molar-refractivity contribution in [2.45, 2.75) is 33.2 Å². The highest BCUT2D eigenvalue weighted by molar-refractivity contribution is 5.97. The van der Waals surface area contributed by atoms with Crippen LogP contribution in [-0.2, 0) is 16.0 Å². The van der Waals surface area contributed by atoms with Gasteiger partial charge in [0.25, 0.3) is 0 Å². The molecular formula is C22H28N4O3. The lowest BCUT2D eigenvalue weighted by atomic mass is 10.0. The molecule has 1 atom stereocenters. The predicted octanol–water partition coefficient (Wildman–Crippen LogP) is 3.15. The van der Waals surface area contributed by atoms with E-state index in [0.29, 0.717) is 5.69 Å². The van der Waals surface area contributed by atoms with Gasteiger partial charge in [-0.1, -0.05) is 57.2 Å². The SMILES string of the molecule is CCc1ccccc1NC(=O)CNC(=O)C(NC(=O)Nc1ccccc1)C(C)C. The van der Waals surface area contributed by atoms with E-state index < -0.39 is 18.0 Å². The number of carbonyl (C=O) groups is 3. The Bertz CT molecular complexity index is 837. The van der Waals surface area contributed by atoms with E-state index in [9.17, 15) is 14.4 Å². The maximum absolute atomic E-state index is 12.5. The number of aryl methyl sites for hydroxylation is 1. The number of benzene rings is 2. The van der Waals surface area contributed by atoms with E-state index in [4.69, 9.17) is 0 Å². The highest BCUT2D eigenvalue weighted by atomic mass is 16.2. The van der Waals surface area contributed by atoms with Crippen molar-refractivity contribution in [3.8, 4) is 0 Å². The number of rotatable bonds is 8. The molecule has 2 aromatic rings. The monoisotopic (exact) mass is 396 g/mol. The van der Waals surface area contributed by atoms with Crippen molar-refractivity contribution in [2.75, 3.05) is 17.2 Å². The number of anilines is 2. The zero-order valence-electron chi connectivity index (χ0n) is 17.0. The van der Waals surface area contributed by atoms with E-state index >= 15 is 0 Å². The number of hydrogen-bond acceptors (Lipinski definition) is 3. The Morgan fingerprint density at radius 3 is 2.21 bits per heavy atom. The Morgan fingerprint density at radius 1 is 0.897 bits per heavy atom. The molecule has 0 saturated carbocycles. The largest absolute Gasteiger partial charge is 0.345 e. The summed E-state index contributed by atoms with van der Waals surface area (Å²) in [7, 11) is 0. The molecule has 2 rings (SSSR count). The van der Waals surface area contributed by atoms with Crippen LogP contribution in [-0.4, -0.2) is 30.4 Å². The Kier molecular flexibility index (Phi) is 8.21. The number of nitrogens with one attached hydrogen (secondary N) is 4. The third-order valence-corrected chi connectivity index (χ3v) is 4.36. The summed E-state index contributed by atoms with van der Waals surface area (Å²) in [5.41, 5.74) is 2.38. The van der Waals surface area contributed by atoms with Crippen molar-refractivity contribution in [1.82, 2.24) is 10.6 Å². The summed E-state index contributed by atoms with van der Waals surface area (Å²) in [4.78, 5) is 36.9. The highest BCUT2D eigenvalue weighted by Gasteiger charge is 2.24. The number of hydrogen-bond donors (Lipinski definition) is 4. The maximum Gasteiger partial charge on any atom is 0.319 e. The molecule has 0 spiro atoms. The van der Waals surface area contributed by atoms with Gasteiger partial charge in [-0.2, -0.15) is 0 Å². The molecule has 0 bridgehead atoms. The number of carbonyl (C=O) groups excluding carboxylic acids is 3. The van der Waals surface area contributed by atoms with Crippen LogP contribution in [0.2, 0.25) is 0 Å². The summed E-state index contributed by atoms with van der Waals surface area (Å²) in [6.07, 6.45) is 0.790. The van der Waals surface area contributed by atoms with Gasteiger partial charge in [0.2, 0.25) is 11.8 Å². The molecule has 7 nitrogen and oxygen atoms in total. The second-order valence-electron chi connectivity index (χ2n) is 6.96. The number of amides is 4.